The first kappa shape index (κ1) is 14.8. The molecule has 3 aromatic heterocycles. The molecule has 1 aromatic carbocycles. The monoisotopic (exact) mass is 388 g/mol. The first-order chi connectivity index (χ1) is 15.3. The smallest absolute Gasteiger partial charge is 0.228 e. The number of pyridine rings is 2. The molecule has 29 heavy (non-hydrogen) atoms. The minimum atomic E-state index is -1.91. The fourth-order valence-corrected chi connectivity index (χ4v) is 3.51. The first-order valence-electron chi connectivity index (χ1n) is 11.5. The van der Waals surface area contributed by atoms with E-state index in [1.807, 2.05) is 25.1 Å². The average Bonchev–Trinajstić information content (AvgIpc) is 3.10. The zero-order chi connectivity index (χ0) is 24.5. The Balaban J connectivity index is 2.17. The van der Waals surface area contributed by atoms with Gasteiger partial charge in [-0.15, -0.1) is 0 Å². The lowest BCUT2D eigenvalue weighted by atomic mass is 9.87. The van der Waals surface area contributed by atoms with Crippen LogP contribution in [-0.4, -0.2) is 4.98 Å². The van der Waals surface area contributed by atoms with Crippen molar-refractivity contribution in [1.29, 1.82) is 5.26 Å². The van der Waals surface area contributed by atoms with Gasteiger partial charge in [-0.25, -0.2) is 4.98 Å². The minimum absolute atomic E-state index is 0.0286. The van der Waals surface area contributed by atoms with Crippen LogP contribution in [0.25, 0.3) is 33.3 Å². The predicted octanol–water partition coefficient (Wildman–Crippen LogP) is 5.55. The second kappa shape index (κ2) is 6.70. The van der Waals surface area contributed by atoms with Gasteiger partial charge < -0.3 is 4.42 Å². The van der Waals surface area contributed by atoms with Gasteiger partial charge in [0, 0.05) is 32.5 Å². The van der Waals surface area contributed by atoms with Crippen molar-refractivity contribution in [3.8, 4) is 17.3 Å². The van der Waals surface area contributed by atoms with Crippen LogP contribution in [0.5, 0.6) is 0 Å². The molecule has 0 spiro atoms. The largest absolute Gasteiger partial charge is 0.437 e. The Bertz CT molecular complexity index is 1490. The number of rotatable bonds is 2. The summed E-state index contributed by atoms with van der Waals surface area (Å²) in [6.07, 6.45) is -1.91. The topological polar surface area (TPSA) is 53.7 Å². The minimum Gasteiger partial charge on any atom is -0.437 e. The zero-order valence-electron chi connectivity index (χ0n) is 21.6. The van der Waals surface area contributed by atoms with Crippen molar-refractivity contribution in [2.24, 2.45) is 12.5 Å². The van der Waals surface area contributed by atoms with E-state index in [1.165, 1.54) is 0 Å². The maximum atomic E-state index is 9.21. The van der Waals surface area contributed by atoms with Gasteiger partial charge >= 0.3 is 0 Å². The molecule has 4 rings (SSSR count). The van der Waals surface area contributed by atoms with Crippen LogP contribution in [-0.2, 0) is 13.4 Å². The summed E-state index contributed by atoms with van der Waals surface area (Å²) < 4.78 is 43.3. The molecule has 0 saturated heterocycles. The number of aromatic nitrogens is 2. The normalized spacial score (nSPS) is 14.4. The van der Waals surface area contributed by atoms with Crippen molar-refractivity contribution < 1.29 is 14.5 Å². The first-order valence-corrected chi connectivity index (χ1v) is 9.54. The van der Waals surface area contributed by atoms with Crippen LogP contribution in [0.2, 0.25) is 0 Å². The van der Waals surface area contributed by atoms with Gasteiger partial charge in [-0.2, -0.15) is 9.83 Å². The molecule has 0 fully saturated rings. The van der Waals surface area contributed by atoms with Gasteiger partial charge in [-0.1, -0.05) is 32.9 Å². The molecule has 146 valence electrons. The van der Waals surface area contributed by atoms with Crippen LogP contribution in [0.15, 0.2) is 40.8 Å². The van der Waals surface area contributed by atoms with Gasteiger partial charge in [0.05, 0.1) is 8.30 Å². The molecule has 0 aliphatic rings. The number of benzene rings is 1. The lowest BCUT2D eigenvalue weighted by molar-refractivity contribution is -0.666. The molecular weight excluding hydrogens is 358 g/mol. The highest BCUT2D eigenvalue weighted by Gasteiger charge is 2.24. The lowest BCUT2D eigenvalue weighted by Gasteiger charge is -2.18. The fraction of sp³-hybridized carbons (Fsp3) is 0.320. The highest BCUT2D eigenvalue weighted by molar-refractivity contribution is 6.08. The second-order valence-electron chi connectivity index (χ2n) is 8.39. The third-order valence-electron chi connectivity index (χ3n) is 4.95. The van der Waals surface area contributed by atoms with Gasteiger partial charge in [0.2, 0.25) is 11.4 Å². The quantitative estimate of drug-likeness (QED) is 0.423. The standard InChI is InChI=1S/C25H26N3O/c1-15-7-9-19-20-10-8-18(14-26)27-24(20)29-23(19)22(15)21-12-17(13-25(3,4)5)11-16(2)28(21)6/h7-12H,13H2,1-6H3/q+1/i11D,12D,13D2. The molecule has 0 radical (unpaired) electrons. The SMILES string of the molecule is [2H]c1c(C([2H])([2H])C(C)(C)C)c([2H])c(-c2c(C)ccc3c2oc2nc(C#N)ccc23)[n+](C)c1C. The molecule has 0 atom stereocenters. The van der Waals surface area contributed by atoms with E-state index in [1.54, 1.807) is 51.4 Å². The number of hydrogen-bond acceptors (Lipinski definition) is 3. The fourth-order valence-electron chi connectivity index (χ4n) is 3.51. The molecule has 4 aromatic rings. The Morgan fingerprint density at radius 2 is 1.90 bits per heavy atom. The number of fused-ring (bicyclic) bond motifs is 3. The zero-order valence-corrected chi connectivity index (χ0v) is 17.6. The van der Waals surface area contributed by atoms with Crippen molar-refractivity contribution in [1.82, 2.24) is 4.98 Å². The molecular formula is C25H26N3O+. The maximum Gasteiger partial charge on any atom is 0.228 e. The average molecular weight is 389 g/mol. The molecule has 0 saturated carbocycles. The van der Waals surface area contributed by atoms with Crippen LogP contribution in [0.3, 0.4) is 0 Å². The summed E-state index contributed by atoms with van der Waals surface area (Å²) in [6.45, 7) is 9.01. The summed E-state index contributed by atoms with van der Waals surface area (Å²) >= 11 is 0. The summed E-state index contributed by atoms with van der Waals surface area (Å²) in [4.78, 5) is 4.29. The van der Waals surface area contributed by atoms with Gasteiger partial charge in [-0.3, -0.25) is 0 Å². The molecule has 4 nitrogen and oxygen atoms in total. The molecule has 4 heteroatoms. The number of furan rings is 1. The van der Waals surface area contributed by atoms with E-state index in [9.17, 15) is 5.26 Å². The molecule has 0 N–H and O–H groups in total. The molecule has 0 aliphatic carbocycles. The summed E-state index contributed by atoms with van der Waals surface area (Å²) in [5, 5.41) is 10.8. The van der Waals surface area contributed by atoms with Crippen LogP contribution in [0, 0.1) is 30.6 Å². The van der Waals surface area contributed by atoms with Gasteiger partial charge in [0.15, 0.2) is 11.3 Å². The third-order valence-corrected chi connectivity index (χ3v) is 4.95. The van der Waals surface area contributed by atoms with Crippen molar-refractivity contribution in [3.63, 3.8) is 0 Å². The number of nitrogens with zero attached hydrogens (tertiary/aromatic N) is 3. The molecule has 0 aliphatic heterocycles. The number of hydrogen-bond donors (Lipinski definition) is 0. The van der Waals surface area contributed by atoms with Crippen LogP contribution >= 0.6 is 0 Å². The second-order valence-corrected chi connectivity index (χ2v) is 8.39. The number of nitriles is 1. The highest BCUT2D eigenvalue weighted by Crippen LogP contribution is 2.37. The van der Waals surface area contributed by atoms with Gasteiger partial charge in [0.25, 0.3) is 0 Å². The third kappa shape index (κ3) is 3.38. The van der Waals surface area contributed by atoms with Crippen LogP contribution in [0.4, 0.5) is 0 Å². The Labute approximate surface area is 177 Å². The summed E-state index contributed by atoms with van der Waals surface area (Å²) in [7, 11) is 1.78. The summed E-state index contributed by atoms with van der Waals surface area (Å²) in [6, 6.07) is 9.33. The van der Waals surface area contributed by atoms with Crippen molar-refractivity contribution in [2.45, 2.75) is 41.0 Å². The van der Waals surface area contributed by atoms with E-state index in [0.29, 0.717) is 28.2 Å². The Kier molecular flexibility index (Phi) is 3.41. The molecule has 0 bridgehead atoms. The molecule has 0 amide bonds. The van der Waals surface area contributed by atoms with E-state index < -0.39 is 11.8 Å². The van der Waals surface area contributed by atoms with Crippen molar-refractivity contribution >= 4 is 22.1 Å². The van der Waals surface area contributed by atoms with E-state index in [-0.39, 0.29) is 23.3 Å². The Hall–Kier alpha value is -3.19. The van der Waals surface area contributed by atoms with E-state index >= 15 is 0 Å². The molecule has 0 unspecified atom stereocenters. The van der Waals surface area contributed by atoms with Crippen molar-refractivity contribution in [3.05, 3.63) is 58.9 Å². The van der Waals surface area contributed by atoms with E-state index in [4.69, 9.17) is 9.90 Å². The van der Waals surface area contributed by atoms with E-state index in [0.717, 1.165) is 16.3 Å². The van der Waals surface area contributed by atoms with Crippen molar-refractivity contribution in [2.75, 3.05) is 0 Å². The Morgan fingerprint density at radius 1 is 1.17 bits per heavy atom. The summed E-state index contributed by atoms with van der Waals surface area (Å²) in [5.74, 6) is 0. The maximum absolute atomic E-state index is 9.21. The number of aryl methyl sites for hydroxylation is 1. The highest BCUT2D eigenvalue weighted by atomic mass is 16.3. The van der Waals surface area contributed by atoms with Gasteiger partial charge in [0.1, 0.15) is 18.8 Å². The van der Waals surface area contributed by atoms with Crippen LogP contribution < -0.4 is 4.57 Å². The predicted molar refractivity (Wildman–Crippen MR) is 115 cm³/mol. The Morgan fingerprint density at radius 3 is 2.59 bits per heavy atom. The summed E-state index contributed by atoms with van der Waals surface area (Å²) in [5.41, 5.74) is 2.91. The van der Waals surface area contributed by atoms with E-state index in [2.05, 4.69) is 4.98 Å². The molecule has 3 heterocycles. The lowest BCUT2D eigenvalue weighted by Crippen LogP contribution is -2.35. The van der Waals surface area contributed by atoms with Crippen LogP contribution in [0.1, 0.15) is 48.8 Å². The van der Waals surface area contributed by atoms with Gasteiger partial charge in [-0.05, 0) is 42.0 Å².